The van der Waals surface area contributed by atoms with Crippen LogP contribution in [-0.4, -0.2) is 35.8 Å². The maximum atomic E-state index is 13.7. The van der Waals surface area contributed by atoms with E-state index in [4.69, 9.17) is 16.3 Å². The maximum Gasteiger partial charge on any atom is 0.305 e. The monoisotopic (exact) mass is 535 g/mol. The zero-order valence-corrected chi connectivity index (χ0v) is 21.8. The average Bonchev–Trinajstić information content (AvgIpc) is 2.92. The van der Waals surface area contributed by atoms with Crippen molar-refractivity contribution in [3.05, 3.63) is 113 Å². The van der Waals surface area contributed by atoms with E-state index < -0.39 is 10.0 Å². The van der Waals surface area contributed by atoms with Crippen LogP contribution in [0.1, 0.15) is 23.1 Å². The third-order valence-corrected chi connectivity index (χ3v) is 7.84. The number of hydrogen-bond donors (Lipinski definition) is 0. The van der Waals surface area contributed by atoms with Crippen molar-refractivity contribution in [3.63, 3.8) is 0 Å². The first-order valence-electron chi connectivity index (χ1n) is 11.6. The molecule has 0 spiro atoms. The van der Waals surface area contributed by atoms with E-state index in [2.05, 4.69) is 9.97 Å². The molecule has 0 N–H and O–H groups in total. The Morgan fingerprint density at radius 1 is 0.865 bits per heavy atom. The molecule has 0 aliphatic carbocycles. The highest BCUT2D eigenvalue weighted by Gasteiger charge is 2.25. The summed E-state index contributed by atoms with van der Waals surface area (Å²) in [6.07, 6.45) is 4.11. The molecule has 9 heteroatoms. The fourth-order valence-electron chi connectivity index (χ4n) is 3.83. The van der Waals surface area contributed by atoms with E-state index in [-0.39, 0.29) is 30.4 Å². The van der Waals surface area contributed by atoms with Crippen molar-refractivity contribution in [1.29, 1.82) is 0 Å². The standard InChI is InChI=1S/C28H26ClN3O4S/c1-36-27(33)15-8-21-4-2-5-23(18-21)20-32(37(34,35)26-13-11-25(29)12-14-26)19-22-6-9-24(10-7-22)28-30-16-3-17-31-28/h2-7,9-14,16-18H,8,15,19-20H2,1H3. The predicted octanol–water partition coefficient (Wildman–Crippen LogP) is 5.29. The quantitative estimate of drug-likeness (QED) is 0.256. The van der Waals surface area contributed by atoms with Crippen LogP contribution in [0.4, 0.5) is 0 Å². The Morgan fingerprint density at radius 2 is 1.51 bits per heavy atom. The van der Waals surface area contributed by atoms with Gasteiger partial charge in [0.05, 0.1) is 12.0 Å². The molecule has 0 amide bonds. The van der Waals surface area contributed by atoms with Crippen molar-refractivity contribution in [1.82, 2.24) is 14.3 Å². The molecule has 0 bridgehead atoms. The van der Waals surface area contributed by atoms with Crippen molar-refractivity contribution in [2.24, 2.45) is 0 Å². The Hall–Kier alpha value is -3.59. The molecule has 1 aromatic heterocycles. The SMILES string of the molecule is COC(=O)CCc1cccc(CN(Cc2ccc(-c3ncccn3)cc2)S(=O)(=O)c2ccc(Cl)cc2)c1. The Morgan fingerprint density at radius 3 is 2.19 bits per heavy atom. The van der Waals surface area contributed by atoms with Crippen LogP contribution in [-0.2, 0) is 39.1 Å². The summed E-state index contributed by atoms with van der Waals surface area (Å²) in [5.41, 5.74) is 3.40. The topological polar surface area (TPSA) is 89.5 Å². The highest BCUT2D eigenvalue weighted by Crippen LogP contribution is 2.24. The fourth-order valence-corrected chi connectivity index (χ4v) is 5.37. The summed E-state index contributed by atoms with van der Waals surface area (Å²) < 4.78 is 33.5. The molecule has 0 radical (unpaired) electrons. The number of aromatic nitrogens is 2. The molecule has 7 nitrogen and oxygen atoms in total. The molecular weight excluding hydrogens is 510 g/mol. The van der Waals surface area contributed by atoms with Gasteiger partial charge in [-0.25, -0.2) is 18.4 Å². The van der Waals surface area contributed by atoms with E-state index >= 15 is 0 Å². The molecule has 0 aliphatic rings. The number of sulfonamides is 1. The molecule has 0 saturated carbocycles. The summed E-state index contributed by atoms with van der Waals surface area (Å²) in [6, 6.07) is 23.0. The largest absolute Gasteiger partial charge is 0.469 e. The van der Waals surface area contributed by atoms with Gasteiger partial charge >= 0.3 is 5.97 Å². The first-order valence-corrected chi connectivity index (χ1v) is 13.4. The van der Waals surface area contributed by atoms with E-state index in [9.17, 15) is 13.2 Å². The van der Waals surface area contributed by atoms with E-state index in [1.54, 1.807) is 30.6 Å². The van der Waals surface area contributed by atoms with Gasteiger partial charge in [0.1, 0.15) is 0 Å². The number of ether oxygens (including phenoxy) is 1. The Labute approximate surface area is 221 Å². The molecule has 0 aliphatic heterocycles. The Kier molecular flexibility index (Phi) is 8.66. The normalized spacial score (nSPS) is 11.4. The Bertz CT molecular complexity index is 1450. The molecule has 0 fully saturated rings. The Balaban J connectivity index is 1.61. The van der Waals surface area contributed by atoms with Crippen molar-refractivity contribution >= 4 is 27.6 Å². The number of methoxy groups -OCH3 is 1. The zero-order valence-electron chi connectivity index (χ0n) is 20.2. The van der Waals surface area contributed by atoms with Crippen LogP contribution in [0.5, 0.6) is 0 Å². The number of aryl methyl sites for hydroxylation is 1. The summed E-state index contributed by atoms with van der Waals surface area (Å²) in [4.78, 5) is 20.2. The fraction of sp³-hybridized carbons (Fsp3) is 0.179. The molecule has 1 heterocycles. The molecule has 4 aromatic rings. The summed E-state index contributed by atoms with van der Waals surface area (Å²) in [5.74, 6) is 0.310. The first kappa shape index (κ1) is 26.5. The average molecular weight is 536 g/mol. The highest BCUT2D eigenvalue weighted by atomic mass is 35.5. The van der Waals surface area contributed by atoms with Crippen LogP contribution in [0.2, 0.25) is 5.02 Å². The molecule has 0 atom stereocenters. The van der Waals surface area contributed by atoms with Gasteiger partial charge < -0.3 is 4.74 Å². The number of benzene rings is 3. The van der Waals surface area contributed by atoms with Gasteiger partial charge in [-0.2, -0.15) is 4.31 Å². The third kappa shape index (κ3) is 7.01. The van der Waals surface area contributed by atoms with Crippen LogP contribution in [0.15, 0.2) is 96.2 Å². The number of rotatable bonds is 10. The van der Waals surface area contributed by atoms with E-state index in [1.165, 1.54) is 23.5 Å². The van der Waals surface area contributed by atoms with Gasteiger partial charge in [0, 0.05) is 42.5 Å². The van der Waals surface area contributed by atoms with Crippen molar-refractivity contribution in [2.75, 3.05) is 7.11 Å². The molecule has 0 unspecified atom stereocenters. The second kappa shape index (κ2) is 12.1. The molecule has 0 saturated heterocycles. The van der Waals surface area contributed by atoms with Gasteiger partial charge in [-0.15, -0.1) is 0 Å². The minimum absolute atomic E-state index is 0.153. The predicted molar refractivity (Wildman–Crippen MR) is 142 cm³/mol. The van der Waals surface area contributed by atoms with Crippen LogP contribution in [0, 0.1) is 0 Å². The number of nitrogens with zero attached hydrogens (tertiary/aromatic N) is 3. The van der Waals surface area contributed by atoms with Crippen molar-refractivity contribution < 1.29 is 17.9 Å². The maximum absolute atomic E-state index is 13.7. The molecule has 4 rings (SSSR count). The third-order valence-electron chi connectivity index (χ3n) is 5.78. The molecule has 3 aromatic carbocycles. The number of carbonyl (C=O) groups excluding carboxylic acids is 1. The number of halogens is 1. The van der Waals surface area contributed by atoms with Crippen molar-refractivity contribution in [3.8, 4) is 11.4 Å². The lowest BCUT2D eigenvalue weighted by molar-refractivity contribution is -0.140. The second-order valence-electron chi connectivity index (χ2n) is 8.39. The van der Waals surface area contributed by atoms with Gasteiger partial charge in [0.15, 0.2) is 5.82 Å². The summed E-state index contributed by atoms with van der Waals surface area (Å²) >= 11 is 5.99. The summed E-state index contributed by atoms with van der Waals surface area (Å²) in [6.45, 7) is 0.313. The van der Waals surface area contributed by atoms with Crippen molar-refractivity contribution in [2.45, 2.75) is 30.8 Å². The zero-order chi connectivity index (χ0) is 26.3. The van der Waals surface area contributed by atoms with E-state index in [0.29, 0.717) is 17.3 Å². The first-order chi connectivity index (χ1) is 17.8. The summed E-state index contributed by atoms with van der Waals surface area (Å²) in [5, 5.41) is 0.461. The van der Waals surface area contributed by atoms with Gasteiger partial charge in [0.2, 0.25) is 10.0 Å². The second-order valence-corrected chi connectivity index (χ2v) is 10.8. The number of hydrogen-bond acceptors (Lipinski definition) is 6. The van der Waals surface area contributed by atoms with Gasteiger partial charge in [-0.3, -0.25) is 4.79 Å². The summed E-state index contributed by atoms with van der Waals surface area (Å²) in [7, 11) is -2.48. The number of esters is 1. The van der Waals surface area contributed by atoms with Gasteiger partial charge in [0.25, 0.3) is 0 Å². The molecule has 190 valence electrons. The van der Waals surface area contributed by atoms with E-state index in [0.717, 1.165) is 22.3 Å². The lowest BCUT2D eigenvalue weighted by atomic mass is 10.1. The minimum Gasteiger partial charge on any atom is -0.469 e. The van der Waals surface area contributed by atoms with Crippen LogP contribution >= 0.6 is 11.6 Å². The number of carbonyl (C=O) groups is 1. The molecular formula is C28H26ClN3O4S. The van der Waals surface area contributed by atoms with Crippen LogP contribution in [0.3, 0.4) is 0 Å². The molecule has 37 heavy (non-hydrogen) atoms. The highest BCUT2D eigenvalue weighted by molar-refractivity contribution is 7.89. The van der Waals surface area contributed by atoms with E-state index in [1.807, 2.05) is 48.5 Å². The lowest BCUT2D eigenvalue weighted by Gasteiger charge is -2.23. The minimum atomic E-state index is -3.84. The smallest absolute Gasteiger partial charge is 0.305 e. The van der Waals surface area contributed by atoms with Gasteiger partial charge in [-0.05, 0) is 53.4 Å². The van der Waals surface area contributed by atoms with Crippen LogP contribution < -0.4 is 0 Å². The lowest BCUT2D eigenvalue weighted by Crippen LogP contribution is -2.30. The van der Waals surface area contributed by atoms with Gasteiger partial charge in [-0.1, -0.05) is 60.1 Å². The van der Waals surface area contributed by atoms with Crippen LogP contribution in [0.25, 0.3) is 11.4 Å².